The Morgan fingerprint density at radius 1 is 1.64 bits per heavy atom. The van der Waals surface area contributed by atoms with Crippen molar-refractivity contribution in [2.75, 3.05) is 12.3 Å². The second-order valence-electron chi connectivity index (χ2n) is 2.44. The Morgan fingerprint density at radius 3 is 2.73 bits per heavy atom. The van der Waals surface area contributed by atoms with Crippen LogP contribution in [0.4, 0.5) is 0 Å². The van der Waals surface area contributed by atoms with Gasteiger partial charge >= 0.3 is 0 Å². The standard InChI is InChI=1S/C6H13N3OS/c1-6(2)11(10)5-3-4-8-9-7/h6H,3-5H2,1-2H3. The molecule has 0 aliphatic rings. The first-order valence-corrected chi connectivity index (χ1v) is 4.94. The Balaban J connectivity index is 3.39. The summed E-state index contributed by atoms with van der Waals surface area (Å²) in [4.78, 5) is 2.60. The van der Waals surface area contributed by atoms with Gasteiger partial charge in [-0.05, 0) is 12.0 Å². The molecule has 1 unspecified atom stereocenters. The molecule has 0 fully saturated rings. The van der Waals surface area contributed by atoms with Crippen molar-refractivity contribution in [1.29, 1.82) is 0 Å². The number of hydrogen-bond acceptors (Lipinski definition) is 2. The predicted octanol–water partition coefficient (Wildman–Crippen LogP) is 1.84. The summed E-state index contributed by atoms with van der Waals surface area (Å²) in [7, 11) is -0.759. The third kappa shape index (κ3) is 5.88. The van der Waals surface area contributed by atoms with Crippen molar-refractivity contribution in [3.63, 3.8) is 0 Å². The van der Waals surface area contributed by atoms with E-state index in [2.05, 4.69) is 10.0 Å². The van der Waals surface area contributed by atoms with Crippen LogP contribution >= 0.6 is 0 Å². The van der Waals surface area contributed by atoms with Gasteiger partial charge in [0, 0.05) is 33.3 Å². The Kier molecular flexibility index (Phi) is 5.88. The molecule has 0 rings (SSSR count). The zero-order valence-corrected chi connectivity index (χ0v) is 7.67. The maximum Gasteiger partial charge on any atom is 0.0291 e. The minimum Gasteiger partial charge on any atom is -0.259 e. The van der Waals surface area contributed by atoms with Gasteiger partial charge in [-0.1, -0.05) is 19.0 Å². The van der Waals surface area contributed by atoms with Crippen LogP contribution in [-0.2, 0) is 10.8 Å². The highest BCUT2D eigenvalue weighted by atomic mass is 32.2. The van der Waals surface area contributed by atoms with Gasteiger partial charge < -0.3 is 0 Å². The molecule has 0 saturated heterocycles. The fraction of sp³-hybridized carbons (Fsp3) is 1.00. The molecule has 0 aromatic heterocycles. The van der Waals surface area contributed by atoms with Gasteiger partial charge in [-0.3, -0.25) is 4.21 Å². The minimum absolute atomic E-state index is 0.209. The summed E-state index contributed by atoms with van der Waals surface area (Å²) in [6, 6.07) is 0. The highest BCUT2D eigenvalue weighted by Crippen LogP contribution is 1.96. The molecular formula is C6H13N3OS. The van der Waals surface area contributed by atoms with Crippen LogP contribution in [0.2, 0.25) is 0 Å². The second kappa shape index (κ2) is 6.19. The number of rotatable bonds is 5. The molecule has 11 heavy (non-hydrogen) atoms. The zero-order chi connectivity index (χ0) is 8.69. The highest BCUT2D eigenvalue weighted by Gasteiger charge is 2.02. The van der Waals surface area contributed by atoms with Crippen molar-refractivity contribution < 1.29 is 4.21 Å². The molecule has 0 radical (unpaired) electrons. The van der Waals surface area contributed by atoms with E-state index in [1.54, 1.807) is 0 Å². The molecule has 0 heterocycles. The van der Waals surface area contributed by atoms with Crippen molar-refractivity contribution in [2.24, 2.45) is 5.11 Å². The minimum atomic E-state index is -0.759. The molecule has 64 valence electrons. The van der Waals surface area contributed by atoms with E-state index in [4.69, 9.17) is 5.53 Å². The van der Waals surface area contributed by atoms with Crippen LogP contribution in [-0.4, -0.2) is 21.8 Å². The molecule has 0 aromatic rings. The molecule has 0 N–H and O–H groups in total. The lowest BCUT2D eigenvalue weighted by Crippen LogP contribution is -2.09. The van der Waals surface area contributed by atoms with Gasteiger partial charge in [0.25, 0.3) is 0 Å². The van der Waals surface area contributed by atoms with Gasteiger partial charge in [-0.15, -0.1) is 0 Å². The van der Waals surface area contributed by atoms with Crippen molar-refractivity contribution in [1.82, 2.24) is 0 Å². The lowest BCUT2D eigenvalue weighted by atomic mass is 10.5. The molecular weight excluding hydrogens is 162 g/mol. The first kappa shape index (κ1) is 10.5. The van der Waals surface area contributed by atoms with E-state index in [9.17, 15) is 4.21 Å². The van der Waals surface area contributed by atoms with E-state index in [1.807, 2.05) is 13.8 Å². The molecule has 5 heteroatoms. The maximum absolute atomic E-state index is 11.1. The molecule has 0 spiro atoms. The molecule has 4 nitrogen and oxygen atoms in total. The average molecular weight is 175 g/mol. The van der Waals surface area contributed by atoms with Crippen molar-refractivity contribution in [2.45, 2.75) is 25.5 Å². The van der Waals surface area contributed by atoms with E-state index in [1.165, 1.54) is 0 Å². The average Bonchev–Trinajstić information content (AvgIpc) is 1.97. The van der Waals surface area contributed by atoms with Crippen molar-refractivity contribution >= 4 is 10.8 Å². The van der Waals surface area contributed by atoms with Crippen molar-refractivity contribution in [3.8, 4) is 0 Å². The van der Waals surface area contributed by atoms with Gasteiger partial charge in [0.1, 0.15) is 0 Å². The van der Waals surface area contributed by atoms with Gasteiger partial charge in [-0.25, -0.2) is 0 Å². The van der Waals surface area contributed by atoms with Crippen LogP contribution in [0.25, 0.3) is 10.4 Å². The Hall–Kier alpha value is -0.540. The molecule has 0 aromatic carbocycles. The van der Waals surface area contributed by atoms with E-state index >= 15 is 0 Å². The molecule has 0 amide bonds. The van der Waals surface area contributed by atoms with Gasteiger partial charge in [-0.2, -0.15) is 0 Å². The number of azide groups is 1. The van der Waals surface area contributed by atoms with Crippen LogP contribution < -0.4 is 0 Å². The van der Waals surface area contributed by atoms with Crippen LogP contribution in [0.15, 0.2) is 5.11 Å². The Bertz CT molecular complexity index is 175. The van der Waals surface area contributed by atoms with Crippen LogP contribution in [0.5, 0.6) is 0 Å². The largest absolute Gasteiger partial charge is 0.259 e. The SMILES string of the molecule is CC(C)S(=O)CCCN=[N+]=[N-]. The van der Waals surface area contributed by atoms with E-state index < -0.39 is 10.8 Å². The normalized spacial score (nSPS) is 12.6. The predicted molar refractivity (Wildman–Crippen MR) is 46.8 cm³/mol. The fourth-order valence-electron chi connectivity index (χ4n) is 0.558. The summed E-state index contributed by atoms with van der Waals surface area (Å²) < 4.78 is 11.1. The van der Waals surface area contributed by atoms with Crippen LogP contribution in [0, 0.1) is 0 Å². The highest BCUT2D eigenvalue weighted by molar-refractivity contribution is 7.85. The summed E-state index contributed by atoms with van der Waals surface area (Å²) in [6.07, 6.45) is 0.717. The maximum atomic E-state index is 11.1. The van der Waals surface area contributed by atoms with Gasteiger partial charge in [0.15, 0.2) is 0 Å². The van der Waals surface area contributed by atoms with E-state index in [0.29, 0.717) is 12.3 Å². The Morgan fingerprint density at radius 2 is 2.27 bits per heavy atom. The van der Waals surface area contributed by atoms with Gasteiger partial charge in [0.2, 0.25) is 0 Å². The second-order valence-corrected chi connectivity index (χ2v) is 4.55. The molecule has 0 bridgehead atoms. The van der Waals surface area contributed by atoms with E-state index in [-0.39, 0.29) is 5.25 Å². The third-order valence-corrected chi connectivity index (χ3v) is 2.94. The first-order chi connectivity index (χ1) is 5.18. The molecule has 0 saturated carbocycles. The zero-order valence-electron chi connectivity index (χ0n) is 6.86. The molecule has 1 atom stereocenters. The number of nitrogens with zero attached hydrogens (tertiary/aromatic N) is 3. The molecule has 0 aliphatic heterocycles. The topological polar surface area (TPSA) is 65.8 Å². The van der Waals surface area contributed by atoms with Crippen LogP contribution in [0.3, 0.4) is 0 Å². The monoisotopic (exact) mass is 175 g/mol. The van der Waals surface area contributed by atoms with Crippen molar-refractivity contribution in [3.05, 3.63) is 10.4 Å². The summed E-state index contributed by atoms with van der Waals surface area (Å²) >= 11 is 0. The quantitative estimate of drug-likeness (QED) is 0.272. The smallest absolute Gasteiger partial charge is 0.0291 e. The summed E-state index contributed by atoms with van der Waals surface area (Å²) in [5, 5.41) is 3.56. The number of hydrogen-bond donors (Lipinski definition) is 0. The molecule has 0 aliphatic carbocycles. The van der Waals surface area contributed by atoms with Gasteiger partial charge in [0.05, 0.1) is 0 Å². The lowest BCUT2D eigenvalue weighted by Gasteiger charge is -2.02. The van der Waals surface area contributed by atoms with E-state index in [0.717, 1.165) is 6.42 Å². The fourth-order valence-corrected chi connectivity index (χ4v) is 1.44. The van der Waals surface area contributed by atoms with Crippen LogP contribution in [0.1, 0.15) is 20.3 Å². The summed E-state index contributed by atoms with van der Waals surface area (Å²) in [5.41, 5.74) is 7.92. The Labute approximate surface area is 69.1 Å². The lowest BCUT2D eigenvalue weighted by molar-refractivity contribution is 0.674. The first-order valence-electron chi connectivity index (χ1n) is 3.56. The summed E-state index contributed by atoms with van der Waals surface area (Å²) in [5.74, 6) is 0.636. The third-order valence-electron chi connectivity index (χ3n) is 1.19. The summed E-state index contributed by atoms with van der Waals surface area (Å²) in [6.45, 7) is 4.29.